The number of aromatic hydroxyl groups is 6. The first-order valence-electron chi connectivity index (χ1n) is 53.5. The first kappa shape index (κ1) is 134. The second-order valence-electron chi connectivity index (χ2n) is 47.7. The summed E-state index contributed by atoms with van der Waals surface area (Å²) in [6.45, 7) is 55.5. The molecule has 6 radical (unpaired) electrons. The zero-order chi connectivity index (χ0) is 98.2. The van der Waals surface area contributed by atoms with Gasteiger partial charge in [0, 0.05) is 251 Å². The van der Waals surface area contributed by atoms with Crippen molar-refractivity contribution >= 4 is 54.8 Å². The van der Waals surface area contributed by atoms with Crippen LogP contribution in [-0.2, 0) is 200 Å². The minimum absolute atomic E-state index is 0. The SMILES string of the molecule is CC(C)(C)c1cc(C=NC2CCCCC2N=Cc2cccc(C(C)(C)C)c2O)c(O)c(CCCN2CCC[N+]3=C2CCCCC3)c1.CC(C)(C)c1ccc(O)c(C=NC2CCCCC2N=Cc2cc(C(C)(C)C)cc(CCCN3CCC[N+]4=C3CCCCC4)c2O)c1.Cc1cc(C(C)(C)C)cc(C=NC2CCCCC2N=Cc2cc(C(C)(C)C)cc(CCCN3CCC[N+]4=C3CCC4)c2O)c1O.[CH3-].[CH3-].[CH3-].[Co].[Co].[Co].[Y].[Y].[Y]. The van der Waals surface area contributed by atoms with Crippen LogP contribution in [0.1, 0.15) is 393 Å². The van der Waals surface area contributed by atoms with Crippen LogP contribution in [0.5, 0.6) is 34.5 Å². The maximum Gasteiger partial charge on any atom is 0.246 e. The molecule has 6 atom stereocenters. The number of para-hydroxylation sites is 1. The van der Waals surface area contributed by atoms with Crippen LogP contribution in [0.15, 0.2) is 115 Å². The molecule has 6 aromatic rings. The number of benzene rings is 6. The van der Waals surface area contributed by atoms with Gasteiger partial charge in [0.15, 0.2) is 0 Å². The Morgan fingerprint density at radius 3 is 0.897 bits per heavy atom. The van der Waals surface area contributed by atoms with Crippen LogP contribution in [0.25, 0.3) is 0 Å². The van der Waals surface area contributed by atoms with Gasteiger partial charge in [-0.2, -0.15) is 0 Å². The van der Waals surface area contributed by atoms with E-state index in [1.54, 1.807) is 23.6 Å². The van der Waals surface area contributed by atoms with E-state index in [-0.39, 0.29) is 245 Å². The molecule has 0 saturated heterocycles. The van der Waals surface area contributed by atoms with Gasteiger partial charge < -0.3 is 52.9 Å². The van der Waals surface area contributed by atoms with E-state index >= 15 is 0 Å². The molecule has 24 heteroatoms. The Morgan fingerprint density at radius 2 is 0.575 bits per heavy atom. The van der Waals surface area contributed by atoms with Crippen LogP contribution in [0, 0.1) is 29.2 Å². The van der Waals surface area contributed by atoms with Crippen molar-refractivity contribution in [1.29, 1.82) is 0 Å². The average Bonchev–Trinajstić information content (AvgIpc) is 1.24. The molecule has 6 aliphatic heterocycles. The quantitative estimate of drug-likeness (QED) is 0.0193. The van der Waals surface area contributed by atoms with Crippen LogP contribution in [-0.4, -0.2) is 229 Å². The Hall–Kier alpha value is -4.62. The third-order valence-electron chi connectivity index (χ3n) is 30.6. The van der Waals surface area contributed by atoms with Crippen LogP contribution in [0.2, 0.25) is 0 Å². The third-order valence-corrected chi connectivity index (χ3v) is 30.6. The minimum Gasteiger partial charge on any atom is -0.507 e. The molecule has 6 N–H and O–H groups in total. The fraction of sp³-hybridized carbons (Fsp3) is 0.607. The van der Waals surface area contributed by atoms with Gasteiger partial charge in [-0.15, -0.1) is 0 Å². The number of phenolic OH excluding ortho intramolecular Hbond substituents is 6. The van der Waals surface area contributed by atoms with E-state index in [0.29, 0.717) is 28.7 Å². The summed E-state index contributed by atoms with van der Waals surface area (Å²) in [7, 11) is 0. The number of hydrogen-bond donors (Lipinski definition) is 6. The summed E-state index contributed by atoms with van der Waals surface area (Å²) in [5.74, 6) is 6.66. The average molecular weight is 2360 g/mol. The van der Waals surface area contributed by atoms with Crippen molar-refractivity contribution < 1.29 is 193 Å². The van der Waals surface area contributed by atoms with E-state index < -0.39 is 0 Å². The number of rotatable bonds is 24. The number of hydrogen-bond acceptors (Lipinski definition) is 15. The number of nitrogens with zero attached hydrogens (tertiary/aromatic N) is 12. The number of aryl methyl sites for hydroxylation is 4. The number of phenols is 6. The summed E-state index contributed by atoms with van der Waals surface area (Å²) >= 11 is 0. The zero-order valence-electron chi connectivity index (χ0n) is 93.7. The predicted molar refractivity (Wildman–Crippen MR) is 593 cm³/mol. The van der Waals surface area contributed by atoms with Gasteiger partial charge in [-0.25, -0.2) is 0 Å². The largest absolute Gasteiger partial charge is 0.507 e. The van der Waals surface area contributed by atoms with E-state index in [9.17, 15) is 30.6 Å². The van der Waals surface area contributed by atoms with Crippen LogP contribution < -0.4 is 0 Å². The van der Waals surface area contributed by atoms with Gasteiger partial charge in [-0.3, -0.25) is 58.4 Å². The number of amidine groups is 3. The Morgan fingerprint density at radius 1 is 0.295 bits per heavy atom. The Bertz CT molecular complexity index is 5270. The molecule has 3 aliphatic carbocycles. The van der Waals surface area contributed by atoms with Gasteiger partial charge in [0.25, 0.3) is 0 Å². The van der Waals surface area contributed by atoms with Crippen LogP contribution in [0.3, 0.4) is 0 Å². The van der Waals surface area contributed by atoms with E-state index in [4.69, 9.17) is 30.0 Å². The van der Waals surface area contributed by atoms with E-state index in [1.807, 2.05) is 74.5 Å². The second-order valence-corrected chi connectivity index (χ2v) is 47.7. The summed E-state index contributed by atoms with van der Waals surface area (Å²) in [4.78, 5) is 38.1. The van der Waals surface area contributed by atoms with Crippen molar-refractivity contribution in [2.75, 3.05) is 78.5 Å². The summed E-state index contributed by atoms with van der Waals surface area (Å²) in [5, 5.41) is 66.9. The molecule has 6 heterocycles. The molecule has 0 aromatic heterocycles. The first-order valence-corrected chi connectivity index (χ1v) is 53.5. The second kappa shape index (κ2) is 61.0. The maximum absolute atomic E-state index is 11.5. The molecule has 0 bridgehead atoms. The van der Waals surface area contributed by atoms with Gasteiger partial charge in [-0.1, -0.05) is 206 Å². The van der Waals surface area contributed by atoms with E-state index in [0.717, 1.165) is 216 Å². The molecule has 15 rings (SSSR count). The molecule has 3 saturated carbocycles. The maximum atomic E-state index is 11.5. The molecule has 6 unspecified atom stereocenters. The zero-order valence-corrected chi connectivity index (χ0v) is 105. The molecule has 0 amide bonds. The minimum atomic E-state index is -0.142. The van der Waals surface area contributed by atoms with E-state index in [1.165, 1.54) is 151 Å². The van der Waals surface area contributed by atoms with Crippen molar-refractivity contribution in [3.05, 3.63) is 196 Å². The molecule has 6 aromatic carbocycles. The number of aliphatic imine (C=N–C) groups is 6. The van der Waals surface area contributed by atoms with Gasteiger partial charge in [0.05, 0.1) is 121 Å². The first-order chi connectivity index (χ1) is 65.1. The fourth-order valence-electron chi connectivity index (χ4n) is 21.9. The van der Waals surface area contributed by atoms with E-state index in [2.05, 4.69) is 202 Å². The van der Waals surface area contributed by atoms with Crippen molar-refractivity contribution in [2.45, 2.75) is 399 Å². The standard InChI is InChI=1S/2C40H58N4O2.C39H56N4O2.3CH3.3Co.3Y/c1-39(2,3)32-25-29(16-13-22-44-24-14-23-43-21-11-7-8-20-36(43)44)37(45)31(26-32)28-42-35-19-10-9-18-34(35)41-27-30-15-12-17-33(38(30)46)40(4,5)6;1-39(2,3)32-18-19-36(45)30(25-32)27-41-34-15-9-10-16-35(34)42-28-31-26-33(40(4,5)6)24-29(38(31)46)14-12-21-44-23-13-22-43-20-11-7-8-17-37(43)44;1-27-21-31(38(2,3)4)23-29(36(27)44)25-40-33-14-8-9-15-34(33)41-26-30-24-32(39(5,6)7)22-28(37(30)45)13-10-17-42-19-12-20-43-18-11-16-35(42)43;;;;;;;;;/h12,15,17,25-28,34-35H,7-11,13-14,16,18-24H2,1-6H3,(H-,41,42,45,46);18-19,24-28,34-35H,7-17,20-23H2,1-6H3,(H-,41,42,45,46);21-26,33-34H,8-20H2,1-7H3,(H-,40,41,44,45);3*1H3;;;;;;/q;;;3*-1;;;;;;/p+3. The summed E-state index contributed by atoms with van der Waals surface area (Å²) in [6, 6.07) is 29.2. The van der Waals surface area contributed by atoms with Crippen molar-refractivity contribution in [3.63, 3.8) is 0 Å². The topological polar surface area (TPSA) is 214 Å². The molecule has 18 nitrogen and oxygen atoms in total. The smallest absolute Gasteiger partial charge is 0.246 e. The van der Waals surface area contributed by atoms with Gasteiger partial charge in [0.2, 0.25) is 17.5 Å². The Kier molecular flexibility index (Phi) is 55.9. The Labute approximate surface area is 990 Å². The molecule has 0 spiro atoms. The van der Waals surface area contributed by atoms with Crippen molar-refractivity contribution in [2.24, 2.45) is 30.0 Å². The molecular formula is C122H184Co3N12O6Y3. The molecule has 146 heavy (non-hydrogen) atoms. The predicted octanol–water partition coefficient (Wildman–Crippen LogP) is 25.4. The summed E-state index contributed by atoms with van der Waals surface area (Å²) < 4.78 is 7.85. The molecule has 804 valence electrons. The van der Waals surface area contributed by atoms with Crippen LogP contribution >= 0.6 is 0 Å². The summed E-state index contributed by atoms with van der Waals surface area (Å²) in [5.41, 5.74) is 15.4. The van der Waals surface area contributed by atoms with Gasteiger partial charge >= 0.3 is 0 Å². The fourth-order valence-corrected chi connectivity index (χ4v) is 21.9. The third kappa shape index (κ3) is 37.3. The van der Waals surface area contributed by atoms with Crippen molar-refractivity contribution in [1.82, 2.24) is 14.7 Å². The molecule has 3 fully saturated rings. The normalized spacial score (nSPS) is 20.2. The molecule has 9 aliphatic rings. The monoisotopic (exact) mass is 2360 g/mol. The summed E-state index contributed by atoms with van der Waals surface area (Å²) in [6.07, 6.45) is 46.1. The Balaban J connectivity index is 0.000000443. The van der Waals surface area contributed by atoms with Crippen LogP contribution in [0.4, 0.5) is 0 Å². The van der Waals surface area contributed by atoms with Gasteiger partial charge in [0.1, 0.15) is 34.5 Å². The van der Waals surface area contributed by atoms with Crippen molar-refractivity contribution in [3.8, 4) is 34.5 Å². The molecular weight excluding hydrogens is 2170 g/mol. The van der Waals surface area contributed by atoms with Gasteiger partial charge in [-0.05, 0) is 260 Å².